The molecule has 0 aliphatic rings. The average molecular weight is 281 g/mol. The molecule has 0 bridgehead atoms. The Morgan fingerprint density at radius 2 is 1.83 bits per heavy atom. The number of nitrogens with one attached hydrogen (secondary N) is 1. The number of amides is 1. The van der Waals surface area contributed by atoms with Crippen molar-refractivity contribution in [3.63, 3.8) is 0 Å². The lowest BCUT2D eigenvalue weighted by atomic mass is 10.1. The van der Waals surface area contributed by atoms with E-state index in [0.717, 1.165) is 6.26 Å². The maximum Gasteiger partial charge on any atom is 0.407 e. The summed E-state index contributed by atoms with van der Waals surface area (Å²) in [6, 6.07) is -0.459. The van der Waals surface area contributed by atoms with E-state index in [-0.39, 0.29) is 0 Å². The number of ether oxygens (including phenoxy) is 1. The van der Waals surface area contributed by atoms with Crippen molar-refractivity contribution in [3.05, 3.63) is 0 Å². The molecule has 2 atom stereocenters. The molecule has 18 heavy (non-hydrogen) atoms. The van der Waals surface area contributed by atoms with Gasteiger partial charge in [-0.15, -0.1) is 0 Å². The van der Waals surface area contributed by atoms with Gasteiger partial charge in [0.05, 0.1) is 18.4 Å². The SMILES string of the molecule is CCC(OS(C)(=O)=O)C(C)NC(=O)OC(C)(C)C. The molecule has 0 radical (unpaired) electrons. The second kappa shape index (κ2) is 6.38. The fourth-order valence-corrected chi connectivity index (χ4v) is 2.07. The first-order valence-corrected chi connectivity index (χ1v) is 7.64. The van der Waals surface area contributed by atoms with Crippen molar-refractivity contribution in [1.82, 2.24) is 5.32 Å². The molecule has 0 fully saturated rings. The highest BCUT2D eigenvalue weighted by Gasteiger charge is 2.24. The Morgan fingerprint density at radius 1 is 1.33 bits per heavy atom. The zero-order chi connectivity index (χ0) is 14.6. The van der Waals surface area contributed by atoms with Crippen LogP contribution in [0.1, 0.15) is 41.0 Å². The lowest BCUT2D eigenvalue weighted by Crippen LogP contribution is -2.45. The van der Waals surface area contributed by atoms with Gasteiger partial charge in [-0.25, -0.2) is 4.79 Å². The number of rotatable bonds is 5. The zero-order valence-corrected chi connectivity index (χ0v) is 12.6. The molecule has 0 heterocycles. The number of carbonyl (C=O) groups is 1. The van der Waals surface area contributed by atoms with Crippen LogP contribution in [0.5, 0.6) is 0 Å². The van der Waals surface area contributed by atoms with Gasteiger partial charge < -0.3 is 10.1 Å². The van der Waals surface area contributed by atoms with E-state index >= 15 is 0 Å². The van der Waals surface area contributed by atoms with Crippen LogP contribution >= 0.6 is 0 Å². The van der Waals surface area contributed by atoms with Crippen LogP contribution < -0.4 is 5.32 Å². The number of hydrogen-bond donors (Lipinski definition) is 1. The number of hydrogen-bond acceptors (Lipinski definition) is 5. The molecule has 0 aliphatic carbocycles. The van der Waals surface area contributed by atoms with Gasteiger partial charge in [-0.05, 0) is 34.1 Å². The minimum absolute atomic E-state index is 0.459. The van der Waals surface area contributed by atoms with Gasteiger partial charge >= 0.3 is 6.09 Å². The summed E-state index contributed by atoms with van der Waals surface area (Å²) in [5.41, 5.74) is -0.594. The Bertz CT molecular complexity index is 371. The van der Waals surface area contributed by atoms with E-state index in [1.807, 2.05) is 0 Å². The fraction of sp³-hybridized carbons (Fsp3) is 0.909. The number of alkyl carbamates (subject to hydrolysis) is 1. The Hall–Kier alpha value is -0.820. The van der Waals surface area contributed by atoms with Crippen molar-refractivity contribution < 1.29 is 22.1 Å². The van der Waals surface area contributed by atoms with E-state index in [2.05, 4.69) is 5.32 Å². The third-order valence-corrected chi connectivity index (χ3v) is 2.60. The average Bonchev–Trinajstić information content (AvgIpc) is 2.08. The van der Waals surface area contributed by atoms with Crippen LogP contribution in [0.25, 0.3) is 0 Å². The summed E-state index contributed by atoms with van der Waals surface area (Å²) in [5, 5.41) is 2.56. The van der Waals surface area contributed by atoms with Crippen molar-refractivity contribution in [2.75, 3.05) is 6.26 Å². The van der Waals surface area contributed by atoms with Crippen LogP contribution in [-0.2, 0) is 19.0 Å². The minimum Gasteiger partial charge on any atom is -0.444 e. The first kappa shape index (κ1) is 17.2. The van der Waals surface area contributed by atoms with E-state index < -0.39 is 34.0 Å². The van der Waals surface area contributed by atoms with Crippen molar-refractivity contribution in [1.29, 1.82) is 0 Å². The maximum absolute atomic E-state index is 11.5. The molecule has 0 aromatic carbocycles. The Balaban J connectivity index is 4.45. The molecule has 0 aromatic heterocycles. The van der Waals surface area contributed by atoms with Gasteiger partial charge in [0.2, 0.25) is 0 Å². The molecule has 1 N–H and O–H groups in total. The van der Waals surface area contributed by atoms with Crippen molar-refractivity contribution >= 4 is 16.2 Å². The predicted molar refractivity (Wildman–Crippen MR) is 68.8 cm³/mol. The molecule has 0 aromatic rings. The molecule has 108 valence electrons. The van der Waals surface area contributed by atoms with Gasteiger partial charge in [-0.3, -0.25) is 4.18 Å². The molecule has 7 heteroatoms. The van der Waals surface area contributed by atoms with E-state index in [1.54, 1.807) is 34.6 Å². The second-order valence-corrected chi connectivity index (χ2v) is 6.78. The van der Waals surface area contributed by atoms with Crippen LogP contribution in [0.15, 0.2) is 0 Å². The van der Waals surface area contributed by atoms with Crippen LogP contribution in [0.2, 0.25) is 0 Å². The quantitative estimate of drug-likeness (QED) is 0.775. The van der Waals surface area contributed by atoms with Crippen molar-refractivity contribution in [2.24, 2.45) is 0 Å². The zero-order valence-electron chi connectivity index (χ0n) is 11.8. The van der Waals surface area contributed by atoms with E-state index in [0.29, 0.717) is 6.42 Å². The molecule has 0 saturated carbocycles. The Labute approximate surface area is 109 Å². The highest BCUT2D eigenvalue weighted by atomic mass is 32.2. The Morgan fingerprint density at radius 3 is 2.17 bits per heavy atom. The first-order chi connectivity index (χ1) is 7.94. The monoisotopic (exact) mass is 281 g/mol. The molecule has 0 rings (SSSR count). The fourth-order valence-electron chi connectivity index (χ4n) is 1.32. The van der Waals surface area contributed by atoms with E-state index in [4.69, 9.17) is 8.92 Å². The smallest absolute Gasteiger partial charge is 0.407 e. The molecule has 1 amide bonds. The van der Waals surface area contributed by atoms with Crippen molar-refractivity contribution in [2.45, 2.75) is 58.8 Å². The van der Waals surface area contributed by atoms with Crippen molar-refractivity contribution in [3.8, 4) is 0 Å². The summed E-state index contributed by atoms with van der Waals surface area (Å²) in [7, 11) is -3.54. The first-order valence-electron chi connectivity index (χ1n) is 5.82. The minimum atomic E-state index is -3.54. The summed E-state index contributed by atoms with van der Waals surface area (Å²) in [6.07, 6.45) is 0.248. The third-order valence-electron chi connectivity index (χ3n) is 2.00. The van der Waals surface area contributed by atoms with Crippen LogP contribution in [0.4, 0.5) is 4.79 Å². The molecule has 0 saturated heterocycles. The predicted octanol–water partition coefficient (Wildman–Crippen LogP) is 1.65. The molecule has 2 unspecified atom stereocenters. The highest BCUT2D eigenvalue weighted by molar-refractivity contribution is 7.86. The van der Waals surface area contributed by atoms with E-state index in [1.165, 1.54) is 0 Å². The van der Waals surface area contributed by atoms with Gasteiger partial charge in [-0.1, -0.05) is 6.92 Å². The lowest BCUT2D eigenvalue weighted by molar-refractivity contribution is 0.0456. The standard InChI is InChI=1S/C11H23NO5S/c1-7-9(17-18(6,14)15)8(2)12-10(13)16-11(3,4)5/h8-9H,7H2,1-6H3,(H,12,13). The summed E-state index contributed by atoms with van der Waals surface area (Å²) >= 11 is 0. The maximum atomic E-state index is 11.5. The molecule has 6 nitrogen and oxygen atoms in total. The van der Waals surface area contributed by atoms with Gasteiger partial charge in [0, 0.05) is 0 Å². The largest absolute Gasteiger partial charge is 0.444 e. The van der Waals surface area contributed by atoms with Gasteiger partial charge in [-0.2, -0.15) is 8.42 Å². The van der Waals surface area contributed by atoms with E-state index in [9.17, 15) is 13.2 Å². The Kier molecular flexibility index (Phi) is 6.09. The lowest BCUT2D eigenvalue weighted by Gasteiger charge is -2.25. The summed E-state index contributed by atoms with van der Waals surface area (Å²) < 4.78 is 32.1. The van der Waals surface area contributed by atoms with Gasteiger partial charge in [0.25, 0.3) is 10.1 Å². The van der Waals surface area contributed by atoms with Crippen LogP contribution in [0.3, 0.4) is 0 Å². The number of carbonyl (C=O) groups excluding carboxylic acids is 1. The third kappa shape index (κ3) is 8.30. The normalized spacial score (nSPS) is 15.9. The molecular formula is C11H23NO5S. The summed E-state index contributed by atoms with van der Waals surface area (Å²) in [6.45, 7) is 8.71. The second-order valence-electron chi connectivity index (χ2n) is 5.18. The molecular weight excluding hydrogens is 258 g/mol. The highest BCUT2D eigenvalue weighted by Crippen LogP contribution is 2.10. The molecule has 0 aliphatic heterocycles. The summed E-state index contributed by atoms with van der Waals surface area (Å²) in [5.74, 6) is 0. The van der Waals surface area contributed by atoms with Crippen LogP contribution in [-0.4, -0.2) is 38.5 Å². The van der Waals surface area contributed by atoms with Gasteiger partial charge in [0.1, 0.15) is 5.60 Å². The molecule has 0 spiro atoms. The van der Waals surface area contributed by atoms with Crippen LogP contribution in [0, 0.1) is 0 Å². The topological polar surface area (TPSA) is 81.7 Å². The summed E-state index contributed by atoms with van der Waals surface area (Å²) in [4.78, 5) is 11.5. The van der Waals surface area contributed by atoms with Gasteiger partial charge in [0.15, 0.2) is 0 Å².